The maximum absolute atomic E-state index is 10.8. The molecule has 0 spiro atoms. The summed E-state index contributed by atoms with van der Waals surface area (Å²) in [5, 5.41) is 8.88. The normalized spacial score (nSPS) is 26.9. The van der Waals surface area contributed by atoms with Crippen molar-refractivity contribution < 1.29 is 9.90 Å². The molecular weight excluding hydrogens is 190 g/mol. The molecule has 1 saturated carbocycles. The first kappa shape index (κ1) is 12.5. The molecule has 0 aromatic rings. The first-order valence-corrected chi connectivity index (χ1v) is 5.77. The van der Waals surface area contributed by atoms with E-state index < -0.39 is 5.97 Å². The molecule has 0 aliphatic heterocycles. The van der Waals surface area contributed by atoms with Crippen molar-refractivity contribution in [2.45, 2.75) is 46.1 Å². The second-order valence-electron chi connectivity index (χ2n) is 5.58. The van der Waals surface area contributed by atoms with Crippen LogP contribution in [0.5, 0.6) is 0 Å². The predicted octanol–water partition coefficient (Wildman–Crippen LogP) is 2.22. The van der Waals surface area contributed by atoms with Crippen molar-refractivity contribution >= 4 is 5.97 Å². The predicted molar refractivity (Wildman–Crippen MR) is 60.8 cm³/mol. The van der Waals surface area contributed by atoms with Crippen LogP contribution < -0.4 is 0 Å². The molecule has 1 aliphatic carbocycles. The summed E-state index contributed by atoms with van der Waals surface area (Å²) in [6, 6.07) is 0.541. The smallest absolute Gasteiger partial charge is 0.307 e. The van der Waals surface area contributed by atoms with Gasteiger partial charge in [0.25, 0.3) is 0 Å². The number of carboxylic acid groups (broad SMARTS) is 1. The molecule has 15 heavy (non-hydrogen) atoms. The fourth-order valence-electron chi connectivity index (χ4n) is 2.76. The van der Waals surface area contributed by atoms with E-state index in [0.29, 0.717) is 18.0 Å². The highest BCUT2D eigenvalue weighted by Crippen LogP contribution is 2.40. The van der Waals surface area contributed by atoms with Crippen LogP contribution in [0.3, 0.4) is 0 Å². The van der Waals surface area contributed by atoms with E-state index in [4.69, 9.17) is 5.11 Å². The second-order valence-corrected chi connectivity index (χ2v) is 5.58. The van der Waals surface area contributed by atoms with Crippen molar-refractivity contribution in [3.05, 3.63) is 0 Å². The Morgan fingerprint density at radius 1 is 1.60 bits per heavy atom. The molecule has 1 N–H and O–H groups in total. The molecule has 2 unspecified atom stereocenters. The number of aliphatic carboxylic acids is 1. The third kappa shape index (κ3) is 2.94. The van der Waals surface area contributed by atoms with Crippen molar-refractivity contribution in [2.24, 2.45) is 11.3 Å². The highest BCUT2D eigenvalue weighted by molar-refractivity contribution is 5.69. The van der Waals surface area contributed by atoms with Crippen LogP contribution in [0.1, 0.15) is 40.0 Å². The third-order valence-corrected chi connectivity index (χ3v) is 3.72. The Morgan fingerprint density at radius 3 is 2.60 bits per heavy atom. The summed E-state index contributed by atoms with van der Waals surface area (Å²) in [6.07, 6.45) is 3.72. The Kier molecular flexibility index (Phi) is 3.77. The molecule has 0 heterocycles. The van der Waals surface area contributed by atoms with Gasteiger partial charge in [-0.25, -0.2) is 0 Å². The average molecular weight is 213 g/mol. The van der Waals surface area contributed by atoms with Crippen LogP contribution in [0, 0.1) is 11.3 Å². The van der Waals surface area contributed by atoms with E-state index in [9.17, 15) is 4.79 Å². The molecule has 2 atom stereocenters. The molecule has 0 saturated heterocycles. The largest absolute Gasteiger partial charge is 0.481 e. The topological polar surface area (TPSA) is 40.5 Å². The highest BCUT2D eigenvalue weighted by atomic mass is 16.4. The summed E-state index contributed by atoms with van der Waals surface area (Å²) in [6.45, 7) is 7.00. The average Bonchev–Trinajstić information content (AvgIpc) is 2.44. The minimum Gasteiger partial charge on any atom is -0.481 e. The quantitative estimate of drug-likeness (QED) is 0.778. The first-order chi connectivity index (χ1) is 6.84. The van der Waals surface area contributed by atoms with Crippen LogP contribution in [0.15, 0.2) is 0 Å². The van der Waals surface area contributed by atoms with E-state index in [1.54, 1.807) is 6.92 Å². The molecule has 0 aromatic carbocycles. The molecular formula is C12H23NO2. The van der Waals surface area contributed by atoms with Crippen LogP contribution >= 0.6 is 0 Å². The monoisotopic (exact) mass is 213 g/mol. The number of rotatable bonds is 4. The zero-order chi connectivity index (χ0) is 11.6. The zero-order valence-electron chi connectivity index (χ0n) is 10.3. The molecule has 0 aromatic heterocycles. The van der Waals surface area contributed by atoms with Gasteiger partial charge >= 0.3 is 5.97 Å². The summed E-state index contributed by atoms with van der Waals surface area (Å²) < 4.78 is 0. The lowest BCUT2D eigenvalue weighted by Crippen LogP contribution is -2.42. The Morgan fingerprint density at radius 2 is 2.20 bits per heavy atom. The lowest BCUT2D eigenvalue weighted by molar-refractivity contribution is -0.142. The third-order valence-electron chi connectivity index (χ3n) is 3.72. The molecule has 3 nitrogen and oxygen atoms in total. The van der Waals surface area contributed by atoms with Gasteiger partial charge in [0.2, 0.25) is 0 Å². The van der Waals surface area contributed by atoms with E-state index in [2.05, 4.69) is 25.8 Å². The van der Waals surface area contributed by atoms with Gasteiger partial charge in [0, 0.05) is 12.6 Å². The highest BCUT2D eigenvalue weighted by Gasteiger charge is 2.37. The van der Waals surface area contributed by atoms with Gasteiger partial charge in [0.05, 0.1) is 5.92 Å². The van der Waals surface area contributed by atoms with Gasteiger partial charge in [-0.1, -0.05) is 27.2 Å². The van der Waals surface area contributed by atoms with Crippen LogP contribution in [-0.2, 0) is 4.79 Å². The van der Waals surface area contributed by atoms with Crippen molar-refractivity contribution in [3.8, 4) is 0 Å². The minimum absolute atomic E-state index is 0.272. The second kappa shape index (κ2) is 4.52. The molecule has 3 heteroatoms. The number of hydrogen-bond acceptors (Lipinski definition) is 2. The standard InChI is InChI=1S/C12H23NO2/c1-9(11(14)15)8-13(4)10-6-5-7-12(10,2)3/h9-10H,5-8H2,1-4H3,(H,14,15). The van der Waals surface area contributed by atoms with Gasteiger partial charge in [-0.3, -0.25) is 4.79 Å². The molecule has 0 radical (unpaired) electrons. The fraction of sp³-hybridized carbons (Fsp3) is 0.917. The molecule has 88 valence electrons. The van der Waals surface area contributed by atoms with Crippen molar-refractivity contribution in [3.63, 3.8) is 0 Å². The number of hydrogen-bond donors (Lipinski definition) is 1. The Hall–Kier alpha value is -0.570. The van der Waals surface area contributed by atoms with E-state index in [1.165, 1.54) is 19.3 Å². The Bertz CT molecular complexity index is 238. The summed E-state index contributed by atoms with van der Waals surface area (Å²) in [4.78, 5) is 13.0. The van der Waals surface area contributed by atoms with E-state index >= 15 is 0 Å². The number of carboxylic acids is 1. The van der Waals surface area contributed by atoms with Crippen LogP contribution in [-0.4, -0.2) is 35.6 Å². The lowest BCUT2D eigenvalue weighted by atomic mass is 9.86. The van der Waals surface area contributed by atoms with E-state index in [-0.39, 0.29) is 5.92 Å². The summed E-state index contributed by atoms with van der Waals surface area (Å²) in [5.41, 5.74) is 0.340. The number of nitrogens with zero attached hydrogens (tertiary/aromatic N) is 1. The summed E-state index contributed by atoms with van der Waals surface area (Å²) in [7, 11) is 2.05. The molecule has 1 aliphatic rings. The number of carbonyl (C=O) groups is 1. The van der Waals surface area contributed by atoms with Crippen LogP contribution in [0.4, 0.5) is 0 Å². The molecule has 1 fully saturated rings. The molecule has 0 amide bonds. The van der Waals surface area contributed by atoms with Gasteiger partial charge in [-0.15, -0.1) is 0 Å². The molecule has 0 bridgehead atoms. The minimum atomic E-state index is -0.697. The Labute approximate surface area is 92.5 Å². The van der Waals surface area contributed by atoms with Crippen LogP contribution in [0.2, 0.25) is 0 Å². The van der Waals surface area contributed by atoms with Crippen molar-refractivity contribution in [1.29, 1.82) is 0 Å². The molecule has 1 rings (SSSR count). The van der Waals surface area contributed by atoms with Gasteiger partial charge in [-0.2, -0.15) is 0 Å². The Balaban J connectivity index is 2.53. The van der Waals surface area contributed by atoms with Crippen molar-refractivity contribution in [2.75, 3.05) is 13.6 Å². The van der Waals surface area contributed by atoms with Gasteiger partial charge in [0.15, 0.2) is 0 Å². The van der Waals surface area contributed by atoms with Crippen molar-refractivity contribution in [1.82, 2.24) is 4.90 Å². The summed E-state index contributed by atoms with van der Waals surface area (Å²) in [5.74, 6) is -0.968. The maximum atomic E-state index is 10.8. The zero-order valence-corrected chi connectivity index (χ0v) is 10.3. The lowest BCUT2D eigenvalue weighted by Gasteiger charge is -2.35. The van der Waals surface area contributed by atoms with Gasteiger partial charge in [-0.05, 0) is 25.3 Å². The van der Waals surface area contributed by atoms with Gasteiger partial charge in [0.1, 0.15) is 0 Å². The SMILES string of the molecule is CC(CN(C)C1CCCC1(C)C)C(=O)O. The fourth-order valence-corrected chi connectivity index (χ4v) is 2.76. The van der Waals surface area contributed by atoms with E-state index in [1.807, 2.05) is 0 Å². The van der Waals surface area contributed by atoms with E-state index in [0.717, 1.165) is 0 Å². The first-order valence-electron chi connectivity index (χ1n) is 5.77. The summed E-state index contributed by atoms with van der Waals surface area (Å²) >= 11 is 0. The van der Waals surface area contributed by atoms with Gasteiger partial charge < -0.3 is 10.0 Å². The van der Waals surface area contributed by atoms with Crippen LogP contribution in [0.25, 0.3) is 0 Å². The maximum Gasteiger partial charge on any atom is 0.307 e.